The molecule has 110 valence electrons. The second-order valence-corrected chi connectivity index (χ2v) is 4.81. The average Bonchev–Trinajstić information content (AvgIpc) is 2.51. The van der Waals surface area contributed by atoms with Crippen molar-refractivity contribution in [1.82, 2.24) is 9.55 Å². The number of morpholine rings is 1. The Labute approximate surface area is 119 Å². The van der Waals surface area contributed by atoms with Crippen molar-refractivity contribution in [3.8, 4) is 0 Å². The molecule has 1 saturated heterocycles. The van der Waals surface area contributed by atoms with Crippen LogP contribution < -0.4 is 10.5 Å². The highest BCUT2D eigenvalue weighted by Gasteiger charge is 2.21. The van der Waals surface area contributed by atoms with Crippen LogP contribution in [0.15, 0.2) is 23.0 Å². The van der Waals surface area contributed by atoms with Gasteiger partial charge >= 0.3 is 0 Å². The van der Waals surface area contributed by atoms with E-state index in [9.17, 15) is 14.9 Å². The summed E-state index contributed by atoms with van der Waals surface area (Å²) in [5, 5.41) is 11.4. The number of nitro benzene ring substituents is 1. The third-order valence-corrected chi connectivity index (χ3v) is 3.55. The highest BCUT2D eigenvalue weighted by molar-refractivity contribution is 5.87. The Balaban J connectivity index is 2.26. The van der Waals surface area contributed by atoms with Gasteiger partial charge in [-0.3, -0.25) is 19.5 Å². The monoisotopic (exact) mass is 290 g/mol. The second-order valence-electron chi connectivity index (χ2n) is 4.81. The molecule has 8 nitrogen and oxygen atoms in total. The van der Waals surface area contributed by atoms with E-state index in [0.717, 1.165) is 0 Å². The molecule has 0 radical (unpaired) electrons. The second kappa shape index (κ2) is 5.13. The van der Waals surface area contributed by atoms with Crippen LogP contribution in [-0.4, -0.2) is 40.8 Å². The fourth-order valence-electron chi connectivity index (χ4n) is 2.46. The van der Waals surface area contributed by atoms with Crippen LogP contribution in [0.3, 0.4) is 0 Å². The van der Waals surface area contributed by atoms with Gasteiger partial charge in [0, 0.05) is 26.2 Å². The molecular weight excluding hydrogens is 276 g/mol. The maximum absolute atomic E-state index is 12.4. The average molecular weight is 290 g/mol. The summed E-state index contributed by atoms with van der Waals surface area (Å²) in [5.41, 5.74) is -0.308. The zero-order valence-corrected chi connectivity index (χ0v) is 11.5. The predicted octanol–water partition coefficient (Wildman–Crippen LogP) is 0.678. The number of fused-ring (bicyclic) bond motifs is 1. The third-order valence-electron chi connectivity index (χ3n) is 3.55. The summed E-state index contributed by atoms with van der Waals surface area (Å²) in [7, 11) is 1.62. The molecule has 8 heteroatoms. The van der Waals surface area contributed by atoms with Crippen LogP contribution in [-0.2, 0) is 11.8 Å². The zero-order chi connectivity index (χ0) is 15.0. The topological polar surface area (TPSA) is 90.5 Å². The minimum absolute atomic E-state index is 0.132. The number of non-ortho nitro benzene ring substituents is 1. The lowest BCUT2D eigenvalue weighted by Crippen LogP contribution is -2.40. The first-order chi connectivity index (χ1) is 10.1. The molecule has 1 fully saturated rings. The number of ether oxygens (including phenoxy) is 1. The molecular formula is C13H14N4O4. The number of aromatic nitrogens is 2. The van der Waals surface area contributed by atoms with Gasteiger partial charge in [-0.25, -0.2) is 4.98 Å². The molecule has 0 amide bonds. The van der Waals surface area contributed by atoms with Crippen molar-refractivity contribution in [3.63, 3.8) is 0 Å². The lowest BCUT2D eigenvalue weighted by Gasteiger charge is -2.28. The first-order valence-corrected chi connectivity index (χ1v) is 6.56. The van der Waals surface area contributed by atoms with Gasteiger partial charge in [-0.2, -0.15) is 0 Å². The van der Waals surface area contributed by atoms with Gasteiger partial charge in [0.15, 0.2) is 5.52 Å². The molecule has 0 N–H and O–H groups in total. The Morgan fingerprint density at radius 1 is 1.33 bits per heavy atom. The van der Waals surface area contributed by atoms with E-state index in [0.29, 0.717) is 32.3 Å². The zero-order valence-electron chi connectivity index (χ0n) is 11.5. The van der Waals surface area contributed by atoms with Crippen molar-refractivity contribution in [3.05, 3.63) is 38.7 Å². The first-order valence-electron chi connectivity index (χ1n) is 6.56. The third kappa shape index (κ3) is 2.23. The fraction of sp³-hybridized carbons (Fsp3) is 0.385. The van der Waals surface area contributed by atoms with Crippen LogP contribution in [0.4, 0.5) is 11.6 Å². The fourth-order valence-corrected chi connectivity index (χ4v) is 2.46. The highest BCUT2D eigenvalue weighted by Crippen LogP contribution is 2.23. The van der Waals surface area contributed by atoms with Crippen molar-refractivity contribution in [2.75, 3.05) is 31.2 Å². The SMILES string of the molecule is Cn1c(N2CCOCC2)nc2c([N+](=O)[O-])cccc2c1=O. The summed E-state index contributed by atoms with van der Waals surface area (Å²) in [5.74, 6) is 0.435. The van der Waals surface area contributed by atoms with Crippen molar-refractivity contribution < 1.29 is 9.66 Å². The standard InChI is InChI=1S/C13H14N4O4/c1-15-12(18)9-3-2-4-10(17(19)20)11(9)14-13(15)16-5-7-21-8-6-16/h2-4H,5-8H2,1H3. The van der Waals surface area contributed by atoms with Crippen molar-refractivity contribution in [2.45, 2.75) is 0 Å². The van der Waals surface area contributed by atoms with E-state index in [1.54, 1.807) is 13.1 Å². The Hall–Kier alpha value is -2.48. The number of anilines is 1. The first kappa shape index (κ1) is 13.5. The molecule has 2 heterocycles. The Bertz CT molecular complexity index is 765. The van der Waals surface area contributed by atoms with Gasteiger partial charge in [0.1, 0.15) is 0 Å². The van der Waals surface area contributed by atoms with Gasteiger partial charge < -0.3 is 9.64 Å². The minimum atomic E-state index is -0.516. The van der Waals surface area contributed by atoms with E-state index in [1.807, 2.05) is 4.90 Å². The number of hydrogen-bond donors (Lipinski definition) is 0. The molecule has 0 saturated carbocycles. The Morgan fingerprint density at radius 2 is 2.05 bits per heavy atom. The number of nitro groups is 1. The number of para-hydroxylation sites is 1. The van der Waals surface area contributed by atoms with Gasteiger partial charge in [-0.15, -0.1) is 0 Å². The maximum atomic E-state index is 12.4. The summed E-state index contributed by atoms with van der Waals surface area (Å²) < 4.78 is 6.70. The quantitative estimate of drug-likeness (QED) is 0.596. The Kier molecular flexibility index (Phi) is 3.30. The van der Waals surface area contributed by atoms with Gasteiger partial charge in [0.25, 0.3) is 11.2 Å². The van der Waals surface area contributed by atoms with Crippen molar-refractivity contribution in [1.29, 1.82) is 0 Å². The van der Waals surface area contributed by atoms with E-state index in [4.69, 9.17) is 4.74 Å². The van der Waals surface area contributed by atoms with Gasteiger partial charge in [-0.1, -0.05) is 6.07 Å². The summed E-state index contributed by atoms with van der Waals surface area (Å²) in [4.78, 5) is 29.3. The molecule has 3 rings (SSSR count). The largest absolute Gasteiger partial charge is 0.378 e. The van der Waals surface area contributed by atoms with Gasteiger partial charge in [0.05, 0.1) is 23.5 Å². The molecule has 1 aliphatic heterocycles. The van der Waals surface area contributed by atoms with Crippen LogP contribution in [0, 0.1) is 10.1 Å². The molecule has 21 heavy (non-hydrogen) atoms. The molecule has 0 aliphatic carbocycles. The summed E-state index contributed by atoms with van der Waals surface area (Å²) in [6, 6.07) is 4.41. The molecule has 0 atom stereocenters. The molecule has 1 aliphatic rings. The predicted molar refractivity (Wildman–Crippen MR) is 76.7 cm³/mol. The van der Waals surface area contributed by atoms with Crippen molar-refractivity contribution in [2.24, 2.45) is 7.05 Å². The molecule has 0 unspecified atom stereocenters. The normalized spacial score (nSPS) is 15.4. The van der Waals surface area contributed by atoms with Crippen LogP contribution >= 0.6 is 0 Å². The van der Waals surface area contributed by atoms with E-state index < -0.39 is 4.92 Å². The van der Waals surface area contributed by atoms with E-state index in [-0.39, 0.29) is 22.1 Å². The number of nitrogens with zero attached hydrogens (tertiary/aromatic N) is 4. The minimum Gasteiger partial charge on any atom is -0.378 e. The number of hydrogen-bond acceptors (Lipinski definition) is 6. The lowest BCUT2D eigenvalue weighted by atomic mass is 10.2. The lowest BCUT2D eigenvalue weighted by molar-refractivity contribution is -0.383. The smallest absolute Gasteiger partial charge is 0.295 e. The molecule has 2 aromatic rings. The van der Waals surface area contributed by atoms with E-state index in [2.05, 4.69) is 4.98 Å². The van der Waals surface area contributed by atoms with Crippen LogP contribution in [0.25, 0.3) is 10.9 Å². The molecule has 0 spiro atoms. The van der Waals surface area contributed by atoms with E-state index in [1.165, 1.54) is 16.7 Å². The number of rotatable bonds is 2. The molecule has 1 aromatic heterocycles. The van der Waals surface area contributed by atoms with Crippen molar-refractivity contribution >= 4 is 22.5 Å². The molecule has 0 bridgehead atoms. The van der Waals surface area contributed by atoms with Crippen LogP contribution in [0.2, 0.25) is 0 Å². The molecule has 1 aromatic carbocycles. The van der Waals surface area contributed by atoms with E-state index >= 15 is 0 Å². The Morgan fingerprint density at radius 3 is 2.71 bits per heavy atom. The summed E-state index contributed by atoms with van der Waals surface area (Å²) >= 11 is 0. The number of benzene rings is 1. The summed E-state index contributed by atoms with van der Waals surface area (Å²) in [6.07, 6.45) is 0. The summed E-state index contributed by atoms with van der Waals surface area (Å²) in [6.45, 7) is 2.30. The maximum Gasteiger partial charge on any atom is 0.295 e. The highest BCUT2D eigenvalue weighted by atomic mass is 16.6. The van der Waals surface area contributed by atoms with Gasteiger partial charge in [-0.05, 0) is 6.07 Å². The van der Waals surface area contributed by atoms with Crippen LogP contribution in [0.5, 0.6) is 0 Å². The van der Waals surface area contributed by atoms with Gasteiger partial charge in [0.2, 0.25) is 5.95 Å². The van der Waals surface area contributed by atoms with Crippen LogP contribution in [0.1, 0.15) is 0 Å².